The summed E-state index contributed by atoms with van der Waals surface area (Å²) < 4.78 is 18.9. The largest absolute Gasteiger partial charge is 0.454 e. The molecule has 0 bridgehead atoms. The standard InChI is InChI=1S/C19H13ClFN3O6S/c20-17-11-3-1-2-4-14(11)31-18(17)19(27)22-8-16(26)30-9-15(25)23-10-5-6-12(21)13(7-10)24(28)29/h1-7H,8-9H2,(H,22,27)(H,23,25). The second-order valence-electron chi connectivity index (χ2n) is 6.06. The van der Waals surface area contributed by atoms with Crippen LogP contribution in [0.2, 0.25) is 5.02 Å². The van der Waals surface area contributed by atoms with Crippen molar-refractivity contribution in [2.45, 2.75) is 0 Å². The van der Waals surface area contributed by atoms with E-state index in [4.69, 9.17) is 16.3 Å². The molecule has 0 unspecified atom stereocenters. The van der Waals surface area contributed by atoms with Crippen molar-refractivity contribution in [1.82, 2.24) is 5.32 Å². The summed E-state index contributed by atoms with van der Waals surface area (Å²) in [5, 5.41) is 16.3. The third-order valence-electron chi connectivity index (χ3n) is 3.93. The summed E-state index contributed by atoms with van der Waals surface area (Å²) in [7, 11) is 0. The number of hydrogen-bond acceptors (Lipinski definition) is 7. The fraction of sp³-hybridized carbons (Fsp3) is 0.105. The number of rotatable bonds is 7. The number of benzene rings is 2. The SMILES string of the molecule is O=C(COC(=O)CNC(=O)c1sc2ccccc2c1Cl)Nc1ccc(F)c([N+](=O)[O-])c1. The summed E-state index contributed by atoms with van der Waals surface area (Å²) in [6.07, 6.45) is 0. The lowest BCUT2D eigenvalue weighted by molar-refractivity contribution is -0.387. The maximum Gasteiger partial charge on any atom is 0.325 e. The number of halogens is 2. The van der Waals surface area contributed by atoms with Gasteiger partial charge in [0.25, 0.3) is 11.8 Å². The van der Waals surface area contributed by atoms with Crippen LogP contribution in [0.5, 0.6) is 0 Å². The summed E-state index contributed by atoms with van der Waals surface area (Å²) in [5.74, 6) is -3.30. The Bertz CT molecular complexity index is 1200. The van der Waals surface area contributed by atoms with Crippen LogP contribution < -0.4 is 10.6 Å². The lowest BCUT2D eigenvalue weighted by Gasteiger charge is -2.07. The fourth-order valence-electron chi connectivity index (χ4n) is 2.52. The lowest BCUT2D eigenvalue weighted by Crippen LogP contribution is -2.32. The van der Waals surface area contributed by atoms with Crippen LogP contribution in [0.1, 0.15) is 9.67 Å². The molecule has 0 aliphatic heterocycles. The number of nitro groups is 1. The molecule has 2 N–H and O–H groups in total. The van der Waals surface area contributed by atoms with Crippen LogP contribution in [0.25, 0.3) is 10.1 Å². The highest BCUT2D eigenvalue weighted by Crippen LogP contribution is 2.34. The van der Waals surface area contributed by atoms with E-state index in [9.17, 15) is 28.9 Å². The number of anilines is 1. The van der Waals surface area contributed by atoms with E-state index in [1.165, 1.54) is 11.3 Å². The number of esters is 1. The molecule has 3 rings (SSSR count). The lowest BCUT2D eigenvalue weighted by atomic mass is 10.2. The van der Waals surface area contributed by atoms with Gasteiger partial charge in [0.15, 0.2) is 6.61 Å². The van der Waals surface area contributed by atoms with E-state index in [-0.39, 0.29) is 15.6 Å². The van der Waals surface area contributed by atoms with Crippen LogP contribution >= 0.6 is 22.9 Å². The number of hydrogen-bond donors (Lipinski definition) is 2. The van der Waals surface area contributed by atoms with Crippen molar-refractivity contribution in [3.63, 3.8) is 0 Å². The number of amides is 2. The number of carbonyl (C=O) groups is 3. The summed E-state index contributed by atoms with van der Waals surface area (Å²) in [5.41, 5.74) is -0.848. The quantitative estimate of drug-likeness (QED) is 0.312. The third-order valence-corrected chi connectivity index (χ3v) is 5.60. The second kappa shape index (κ2) is 9.49. The van der Waals surface area contributed by atoms with Gasteiger partial charge in [-0.15, -0.1) is 11.3 Å². The van der Waals surface area contributed by atoms with E-state index in [0.29, 0.717) is 0 Å². The number of carbonyl (C=O) groups excluding carboxylic acids is 3. The molecular weight excluding hydrogens is 453 g/mol. The van der Waals surface area contributed by atoms with Gasteiger partial charge < -0.3 is 15.4 Å². The molecule has 1 aromatic heterocycles. The molecule has 2 amide bonds. The zero-order chi connectivity index (χ0) is 22.5. The summed E-state index contributed by atoms with van der Waals surface area (Å²) in [4.78, 5) is 45.9. The Morgan fingerprint density at radius 2 is 1.94 bits per heavy atom. The monoisotopic (exact) mass is 465 g/mol. The van der Waals surface area contributed by atoms with E-state index in [1.807, 2.05) is 12.1 Å². The van der Waals surface area contributed by atoms with Crippen molar-refractivity contribution in [1.29, 1.82) is 0 Å². The van der Waals surface area contributed by atoms with Crippen LogP contribution in [0.15, 0.2) is 42.5 Å². The van der Waals surface area contributed by atoms with Gasteiger partial charge in [-0.05, 0) is 18.2 Å². The van der Waals surface area contributed by atoms with E-state index in [2.05, 4.69) is 10.6 Å². The van der Waals surface area contributed by atoms with Gasteiger partial charge in [-0.25, -0.2) is 0 Å². The Morgan fingerprint density at radius 1 is 1.19 bits per heavy atom. The number of ether oxygens (including phenoxy) is 1. The predicted molar refractivity (Wildman–Crippen MR) is 112 cm³/mol. The first-order chi connectivity index (χ1) is 14.8. The average molecular weight is 466 g/mol. The van der Waals surface area contributed by atoms with Gasteiger partial charge in [-0.1, -0.05) is 29.8 Å². The van der Waals surface area contributed by atoms with Crippen molar-refractivity contribution in [2.24, 2.45) is 0 Å². The molecule has 0 saturated heterocycles. The molecule has 0 spiro atoms. The molecular formula is C19H13ClFN3O6S. The maximum absolute atomic E-state index is 13.3. The van der Waals surface area contributed by atoms with Crippen molar-refractivity contribution in [3.8, 4) is 0 Å². The van der Waals surface area contributed by atoms with Crippen molar-refractivity contribution in [3.05, 3.63) is 68.3 Å². The van der Waals surface area contributed by atoms with Gasteiger partial charge in [-0.2, -0.15) is 4.39 Å². The number of nitro benzene ring substituents is 1. The molecule has 0 saturated carbocycles. The molecule has 3 aromatic rings. The molecule has 160 valence electrons. The van der Waals surface area contributed by atoms with Crippen LogP contribution in [0.4, 0.5) is 15.8 Å². The Kier molecular flexibility index (Phi) is 6.78. The topological polar surface area (TPSA) is 128 Å². The summed E-state index contributed by atoms with van der Waals surface area (Å²) in [6.45, 7) is -1.21. The third kappa shape index (κ3) is 5.32. The van der Waals surface area contributed by atoms with Crippen LogP contribution in [-0.2, 0) is 14.3 Å². The van der Waals surface area contributed by atoms with E-state index < -0.39 is 47.4 Å². The summed E-state index contributed by atoms with van der Waals surface area (Å²) >= 11 is 7.37. The van der Waals surface area contributed by atoms with E-state index >= 15 is 0 Å². The van der Waals surface area contributed by atoms with Gasteiger partial charge in [0.05, 0.1) is 9.95 Å². The molecule has 31 heavy (non-hydrogen) atoms. The first-order valence-corrected chi connectivity index (χ1v) is 9.80. The summed E-state index contributed by atoms with van der Waals surface area (Å²) in [6, 6.07) is 9.97. The van der Waals surface area contributed by atoms with Gasteiger partial charge in [0.2, 0.25) is 5.82 Å². The second-order valence-corrected chi connectivity index (χ2v) is 7.49. The van der Waals surface area contributed by atoms with Crippen LogP contribution in [0, 0.1) is 15.9 Å². The normalized spacial score (nSPS) is 10.5. The van der Waals surface area contributed by atoms with Crippen molar-refractivity contribution >= 4 is 62.2 Å². The van der Waals surface area contributed by atoms with Gasteiger partial charge in [-0.3, -0.25) is 24.5 Å². The Balaban J connectivity index is 1.49. The molecule has 12 heteroatoms. The first kappa shape index (κ1) is 22.1. The minimum Gasteiger partial charge on any atom is -0.454 e. The maximum atomic E-state index is 13.3. The van der Waals surface area contributed by atoms with E-state index in [1.54, 1.807) is 12.1 Å². The molecule has 0 aliphatic carbocycles. The minimum absolute atomic E-state index is 0.0399. The van der Waals surface area contributed by atoms with E-state index in [0.717, 1.165) is 28.3 Å². The minimum atomic E-state index is -1.05. The van der Waals surface area contributed by atoms with Gasteiger partial charge in [0, 0.05) is 21.8 Å². The zero-order valence-corrected chi connectivity index (χ0v) is 17.1. The number of thiophene rings is 1. The molecule has 0 radical (unpaired) electrons. The molecule has 0 atom stereocenters. The number of fused-ring (bicyclic) bond motifs is 1. The Morgan fingerprint density at radius 3 is 2.65 bits per heavy atom. The molecule has 0 fully saturated rings. The molecule has 0 aliphatic rings. The highest BCUT2D eigenvalue weighted by Gasteiger charge is 2.19. The Hall–Kier alpha value is -3.57. The molecule has 2 aromatic carbocycles. The van der Waals surface area contributed by atoms with Crippen molar-refractivity contribution < 1.29 is 28.4 Å². The van der Waals surface area contributed by atoms with Crippen molar-refractivity contribution in [2.75, 3.05) is 18.5 Å². The number of nitrogens with one attached hydrogen (secondary N) is 2. The smallest absolute Gasteiger partial charge is 0.325 e. The molecule has 9 nitrogen and oxygen atoms in total. The van der Waals surface area contributed by atoms with Crippen LogP contribution in [-0.4, -0.2) is 35.9 Å². The fourth-order valence-corrected chi connectivity index (χ4v) is 3.95. The predicted octanol–water partition coefficient (Wildman–Crippen LogP) is 3.51. The average Bonchev–Trinajstić information content (AvgIpc) is 3.08. The highest BCUT2D eigenvalue weighted by molar-refractivity contribution is 7.21. The van der Waals surface area contributed by atoms with Gasteiger partial charge in [0.1, 0.15) is 11.4 Å². The van der Waals surface area contributed by atoms with Crippen LogP contribution in [0.3, 0.4) is 0 Å². The zero-order valence-electron chi connectivity index (χ0n) is 15.5. The highest BCUT2D eigenvalue weighted by atomic mass is 35.5. The first-order valence-electron chi connectivity index (χ1n) is 8.61. The number of nitrogens with zero attached hydrogens (tertiary/aromatic N) is 1. The molecule has 1 heterocycles. The van der Waals surface area contributed by atoms with Gasteiger partial charge >= 0.3 is 11.7 Å². The Labute approximate surface area is 182 Å².